The van der Waals surface area contributed by atoms with Crippen molar-refractivity contribution in [1.82, 2.24) is 10.2 Å². The summed E-state index contributed by atoms with van der Waals surface area (Å²) in [5.74, 6) is -0.789. The standard InChI is InChI=1S/C31H35Cl2N3O4S/c1-21-11-14-27(15-12-21)41(39,40)36(26-13-16-28(32)29(33)18-26)20-30(37)35(19-24-8-6-7-22(2)17-24)23(3)31(38)34-25-9-4-5-10-25/h6-8,11-18,23,25H,4-5,9-10,19-20H2,1-3H3,(H,34,38). The number of carbonyl (C=O) groups excluding carboxylic acids is 2. The van der Waals surface area contributed by atoms with Gasteiger partial charge in [0.15, 0.2) is 0 Å². The first-order chi connectivity index (χ1) is 19.5. The van der Waals surface area contributed by atoms with Crippen LogP contribution in [0.25, 0.3) is 0 Å². The van der Waals surface area contributed by atoms with Crippen LogP contribution in [-0.2, 0) is 26.2 Å². The Balaban J connectivity index is 1.70. The smallest absolute Gasteiger partial charge is 0.264 e. The van der Waals surface area contributed by atoms with Crippen LogP contribution in [0.4, 0.5) is 5.69 Å². The Morgan fingerprint density at radius 1 is 0.927 bits per heavy atom. The summed E-state index contributed by atoms with van der Waals surface area (Å²) in [6, 6.07) is 17.7. The fraction of sp³-hybridized carbons (Fsp3) is 0.355. The second-order valence-electron chi connectivity index (χ2n) is 10.6. The molecule has 2 amide bonds. The first-order valence-electron chi connectivity index (χ1n) is 13.7. The van der Waals surface area contributed by atoms with E-state index in [0.717, 1.165) is 46.7 Å². The molecule has 0 aromatic heterocycles. The molecule has 1 saturated carbocycles. The van der Waals surface area contributed by atoms with Crippen LogP contribution in [0.15, 0.2) is 71.6 Å². The fourth-order valence-electron chi connectivity index (χ4n) is 4.99. The van der Waals surface area contributed by atoms with Gasteiger partial charge < -0.3 is 10.2 Å². The molecule has 1 unspecified atom stereocenters. The number of sulfonamides is 1. The first kappa shape index (κ1) is 30.9. The largest absolute Gasteiger partial charge is 0.352 e. The van der Waals surface area contributed by atoms with Gasteiger partial charge in [0.05, 0.1) is 20.6 Å². The third-order valence-corrected chi connectivity index (χ3v) is 9.91. The van der Waals surface area contributed by atoms with Gasteiger partial charge in [0.1, 0.15) is 12.6 Å². The molecular formula is C31H35Cl2N3O4S. The zero-order valence-corrected chi connectivity index (χ0v) is 25.8. The molecule has 0 aliphatic heterocycles. The van der Waals surface area contributed by atoms with Crippen molar-refractivity contribution >= 4 is 50.7 Å². The van der Waals surface area contributed by atoms with Gasteiger partial charge in [-0.05, 0) is 69.5 Å². The lowest BCUT2D eigenvalue weighted by atomic mass is 10.1. The fourth-order valence-corrected chi connectivity index (χ4v) is 6.69. The highest BCUT2D eigenvalue weighted by Gasteiger charge is 2.33. The molecule has 41 heavy (non-hydrogen) atoms. The number of halogens is 2. The lowest BCUT2D eigenvalue weighted by Crippen LogP contribution is -2.52. The molecule has 4 rings (SSSR count). The van der Waals surface area contributed by atoms with E-state index in [1.807, 2.05) is 38.1 Å². The Labute approximate surface area is 252 Å². The van der Waals surface area contributed by atoms with Gasteiger partial charge in [-0.25, -0.2) is 8.42 Å². The number of carbonyl (C=O) groups is 2. The van der Waals surface area contributed by atoms with E-state index < -0.39 is 28.5 Å². The van der Waals surface area contributed by atoms with E-state index in [0.29, 0.717) is 0 Å². The Kier molecular flexibility index (Phi) is 10.00. The van der Waals surface area contributed by atoms with Gasteiger partial charge in [0.25, 0.3) is 10.0 Å². The minimum atomic E-state index is -4.19. The number of anilines is 1. The molecule has 0 radical (unpaired) electrons. The minimum absolute atomic E-state index is 0.0271. The van der Waals surface area contributed by atoms with E-state index in [9.17, 15) is 18.0 Å². The van der Waals surface area contributed by atoms with E-state index >= 15 is 0 Å². The summed E-state index contributed by atoms with van der Waals surface area (Å²) in [6.07, 6.45) is 3.93. The van der Waals surface area contributed by atoms with Crippen LogP contribution < -0.4 is 9.62 Å². The van der Waals surface area contributed by atoms with Crippen LogP contribution in [-0.4, -0.2) is 43.8 Å². The van der Waals surface area contributed by atoms with E-state index in [4.69, 9.17) is 23.2 Å². The average molecular weight is 617 g/mol. The monoisotopic (exact) mass is 615 g/mol. The highest BCUT2D eigenvalue weighted by atomic mass is 35.5. The minimum Gasteiger partial charge on any atom is -0.352 e. The molecule has 1 atom stereocenters. The Bertz CT molecular complexity index is 1510. The van der Waals surface area contributed by atoms with Gasteiger partial charge in [-0.15, -0.1) is 0 Å². The number of rotatable bonds is 10. The van der Waals surface area contributed by atoms with Crippen molar-refractivity contribution in [2.75, 3.05) is 10.8 Å². The number of nitrogens with zero attached hydrogens (tertiary/aromatic N) is 2. The highest BCUT2D eigenvalue weighted by molar-refractivity contribution is 7.92. The normalized spacial score (nSPS) is 14.5. The van der Waals surface area contributed by atoms with Crippen molar-refractivity contribution < 1.29 is 18.0 Å². The third-order valence-electron chi connectivity index (χ3n) is 7.38. The molecule has 7 nitrogen and oxygen atoms in total. The van der Waals surface area contributed by atoms with Crippen LogP contribution in [0.5, 0.6) is 0 Å². The molecule has 218 valence electrons. The molecule has 1 fully saturated rings. The van der Waals surface area contributed by atoms with Crippen molar-refractivity contribution in [2.45, 2.75) is 70.0 Å². The number of hydrogen-bond acceptors (Lipinski definition) is 4. The molecule has 3 aromatic rings. The summed E-state index contributed by atoms with van der Waals surface area (Å²) >= 11 is 12.4. The quantitative estimate of drug-likeness (QED) is 0.291. The number of amides is 2. The average Bonchev–Trinajstić information content (AvgIpc) is 3.44. The zero-order valence-electron chi connectivity index (χ0n) is 23.4. The van der Waals surface area contributed by atoms with Crippen LogP contribution in [0.1, 0.15) is 49.3 Å². The van der Waals surface area contributed by atoms with Crippen LogP contribution in [0.3, 0.4) is 0 Å². The summed E-state index contributed by atoms with van der Waals surface area (Å²) in [4.78, 5) is 28.9. The molecule has 3 aromatic carbocycles. The zero-order chi connectivity index (χ0) is 29.7. The maximum atomic E-state index is 14.1. The maximum Gasteiger partial charge on any atom is 0.264 e. The SMILES string of the molecule is Cc1ccc(S(=O)(=O)N(CC(=O)N(Cc2cccc(C)c2)C(C)C(=O)NC2CCCC2)c2ccc(Cl)c(Cl)c2)cc1. The van der Waals surface area contributed by atoms with Crippen molar-refractivity contribution in [3.05, 3.63) is 93.5 Å². The molecule has 0 saturated heterocycles. The number of benzene rings is 3. The van der Waals surface area contributed by atoms with Gasteiger partial charge in [0.2, 0.25) is 11.8 Å². The Hall–Kier alpha value is -3.07. The van der Waals surface area contributed by atoms with Crippen LogP contribution in [0.2, 0.25) is 10.0 Å². The van der Waals surface area contributed by atoms with Crippen molar-refractivity contribution in [2.24, 2.45) is 0 Å². The molecule has 0 spiro atoms. The van der Waals surface area contributed by atoms with Gasteiger partial charge in [0, 0.05) is 12.6 Å². The van der Waals surface area contributed by atoms with Gasteiger partial charge in [-0.1, -0.05) is 83.6 Å². The molecule has 1 aliphatic carbocycles. The van der Waals surface area contributed by atoms with E-state index in [1.165, 1.54) is 35.2 Å². The van der Waals surface area contributed by atoms with Crippen LogP contribution in [0, 0.1) is 13.8 Å². The third kappa shape index (κ3) is 7.61. The summed E-state index contributed by atoms with van der Waals surface area (Å²) in [6.45, 7) is 5.08. The lowest BCUT2D eigenvalue weighted by molar-refractivity contribution is -0.139. The predicted octanol–water partition coefficient (Wildman–Crippen LogP) is 6.28. The van der Waals surface area contributed by atoms with Crippen molar-refractivity contribution in [3.63, 3.8) is 0 Å². The van der Waals surface area contributed by atoms with E-state index in [1.54, 1.807) is 19.1 Å². The Morgan fingerprint density at radius 3 is 2.24 bits per heavy atom. The van der Waals surface area contributed by atoms with E-state index in [-0.39, 0.29) is 39.1 Å². The molecule has 1 N–H and O–H groups in total. The second kappa shape index (κ2) is 13.3. The van der Waals surface area contributed by atoms with Gasteiger partial charge in [-0.3, -0.25) is 13.9 Å². The van der Waals surface area contributed by atoms with Crippen LogP contribution >= 0.6 is 23.2 Å². The summed E-state index contributed by atoms with van der Waals surface area (Å²) < 4.78 is 28.9. The summed E-state index contributed by atoms with van der Waals surface area (Å²) in [5.41, 5.74) is 2.93. The summed E-state index contributed by atoms with van der Waals surface area (Å²) in [5, 5.41) is 3.49. The number of nitrogens with one attached hydrogen (secondary N) is 1. The molecule has 1 aliphatic rings. The molecule has 0 bridgehead atoms. The first-order valence-corrected chi connectivity index (χ1v) is 15.8. The van der Waals surface area contributed by atoms with Gasteiger partial charge >= 0.3 is 0 Å². The summed E-state index contributed by atoms with van der Waals surface area (Å²) in [7, 11) is -4.19. The molecule has 0 heterocycles. The van der Waals surface area contributed by atoms with E-state index in [2.05, 4.69) is 5.32 Å². The molecular weight excluding hydrogens is 581 g/mol. The highest BCUT2D eigenvalue weighted by Crippen LogP contribution is 2.31. The number of aryl methyl sites for hydroxylation is 2. The van der Waals surface area contributed by atoms with Crippen molar-refractivity contribution in [3.8, 4) is 0 Å². The second-order valence-corrected chi connectivity index (χ2v) is 13.3. The topological polar surface area (TPSA) is 86.8 Å². The lowest BCUT2D eigenvalue weighted by Gasteiger charge is -2.32. The predicted molar refractivity (Wildman–Crippen MR) is 164 cm³/mol. The van der Waals surface area contributed by atoms with Gasteiger partial charge in [-0.2, -0.15) is 0 Å². The maximum absolute atomic E-state index is 14.1. The molecule has 10 heteroatoms. The van der Waals surface area contributed by atoms with Crippen molar-refractivity contribution in [1.29, 1.82) is 0 Å². The number of hydrogen-bond donors (Lipinski definition) is 1. The Morgan fingerprint density at radius 2 is 1.61 bits per heavy atom.